The zero-order valence-corrected chi connectivity index (χ0v) is 12.8. The van der Waals surface area contributed by atoms with Crippen molar-refractivity contribution in [3.8, 4) is 0 Å². The summed E-state index contributed by atoms with van der Waals surface area (Å²) in [5.74, 6) is -0.382. The van der Waals surface area contributed by atoms with Crippen molar-refractivity contribution in [1.82, 2.24) is 9.55 Å². The number of hydrogen-bond donors (Lipinski definition) is 1. The van der Waals surface area contributed by atoms with Crippen molar-refractivity contribution in [2.24, 2.45) is 0 Å². The minimum atomic E-state index is -0.382. The Labute approximate surface area is 131 Å². The van der Waals surface area contributed by atoms with Gasteiger partial charge in [-0.15, -0.1) is 0 Å². The second kappa shape index (κ2) is 6.74. The van der Waals surface area contributed by atoms with Crippen LogP contribution in [0.15, 0.2) is 35.4 Å². The molecule has 1 heterocycles. The van der Waals surface area contributed by atoms with E-state index in [-0.39, 0.29) is 18.0 Å². The first-order chi connectivity index (χ1) is 9.99. The van der Waals surface area contributed by atoms with Gasteiger partial charge in [0.25, 0.3) is 5.56 Å². The highest BCUT2D eigenvalue weighted by molar-refractivity contribution is 6.35. The SMILES string of the molecule is CCc1cc(=O)n(CC(=O)Nc2cc(Cl)ccc2Cl)cn1. The zero-order valence-electron chi connectivity index (χ0n) is 11.3. The van der Waals surface area contributed by atoms with E-state index < -0.39 is 0 Å². The summed E-state index contributed by atoms with van der Waals surface area (Å²) in [6, 6.07) is 6.17. The number of anilines is 1. The maximum absolute atomic E-state index is 12.0. The average Bonchev–Trinajstić information content (AvgIpc) is 2.45. The van der Waals surface area contributed by atoms with Gasteiger partial charge < -0.3 is 5.32 Å². The Morgan fingerprint density at radius 2 is 2.10 bits per heavy atom. The van der Waals surface area contributed by atoms with E-state index in [4.69, 9.17) is 23.2 Å². The molecule has 0 saturated heterocycles. The lowest BCUT2D eigenvalue weighted by molar-refractivity contribution is -0.116. The molecule has 1 aromatic heterocycles. The van der Waals surface area contributed by atoms with Crippen LogP contribution in [-0.2, 0) is 17.8 Å². The average molecular weight is 326 g/mol. The summed E-state index contributed by atoms with van der Waals surface area (Å²) in [6.45, 7) is 1.76. The number of hydrogen-bond acceptors (Lipinski definition) is 3. The maximum atomic E-state index is 12.0. The van der Waals surface area contributed by atoms with Gasteiger partial charge in [0.1, 0.15) is 6.54 Å². The van der Waals surface area contributed by atoms with E-state index in [9.17, 15) is 9.59 Å². The van der Waals surface area contributed by atoms with E-state index in [1.807, 2.05) is 6.92 Å². The molecular formula is C14H13Cl2N3O2. The summed E-state index contributed by atoms with van der Waals surface area (Å²) in [7, 11) is 0. The van der Waals surface area contributed by atoms with E-state index in [0.29, 0.717) is 27.8 Å². The van der Waals surface area contributed by atoms with Crippen LogP contribution in [0.25, 0.3) is 0 Å². The molecule has 0 atom stereocenters. The van der Waals surface area contributed by atoms with Gasteiger partial charge in [-0.05, 0) is 24.6 Å². The molecule has 0 spiro atoms. The monoisotopic (exact) mass is 325 g/mol. The third-order valence-electron chi connectivity index (χ3n) is 2.81. The van der Waals surface area contributed by atoms with Crippen molar-refractivity contribution in [2.45, 2.75) is 19.9 Å². The molecule has 0 aliphatic carbocycles. The highest BCUT2D eigenvalue weighted by Crippen LogP contribution is 2.25. The zero-order chi connectivity index (χ0) is 15.4. The number of carbonyl (C=O) groups is 1. The third-order valence-corrected chi connectivity index (χ3v) is 3.38. The molecule has 0 aliphatic heterocycles. The summed E-state index contributed by atoms with van der Waals surface area (Å²) in [6.07, 6.45) is 2.03. The highest BCUT2D eigenvalue weighted by atomic mass is 35.5. The van der Waals surface area contributed by atoms with Gasteiger partial charge in [-0.1, -0.05) is 30.1 Å². The van der Waals surface area contributed by atoms with Crippen molar-refractivity contribution in [2.75, 3.05) is 5.32 Å². The first-order valence-corrected chi connectivity index (χ1v) is 7.05. The van der Waals surface area contributed by atoms with Crippen LogP contribution < -0.4 is 10.9 Å². The standard InChI is InChI=1S/C14H13Cl2N3O2/c1-2-10-6-14(21)19(8-17-10)7-13(20)18-12-5-9(15)3-4-11(12)16/h3-6,8H,2,7H2,1H3,(H,18,20). The molecule has 110 valence electrons. The number of aromatic nitrogens is 2. The number of amides is 1. The smallest absolute Gasteiger partial charge is 0.253 e. The molecule has 0 saturated carbocycles. The largest absolute Gasteiger partial charge is 0.323 e. The molecule has 2 rings (SSSR count). The van der Waals surface area contributed by atoms with Crippen LogP contribution in [-0.4, -0.2) is 15.5 Å². The Morgan fingerprint density at radius 3 is 2.76 bits per heavy atom. The molecule has 1 amide bonds. The fourth-order valence-electron chi connectivity index (χ4n) is 1.71. The van der Waals surface area contributed by atoms with E-state index >= 15 is 0 Å². The van der Waals surface area contributed by atoms with Gasteiger partial charge in [0.15, 0.2) is 0 Å². The molecular weight excluding hydrogens is 313 g/mol. The van der Waals surface area contributed by atoms with Gasteiger partial charge in [-0.3, -0.25) is 14.2 Å². The molecule has 0 aliphatic rings. The predicted octanol–water partition coefficient (Wildman–Crippen LogP) is 2.75. The summed E-state index contributed by atoms with van der Waals surface area (Å²) in [4.78, 5) is 27.8. The molecule has 2 aromatic rings. The molecule has 0 fully saturated rings. The van der Waals surface area contributed by atoms with Crippen LogP contribution in [0.1, 0.15) is 12.6 Å². The Hall–Kier alpha value is -1.85. The summed E-state index contributed by atoms with van der Waals surface area (Å²) < 4.78 is 1.23. The molecule has 21 heavy (non-hydrogen) atoms. The highest BCUT2D eigenvalue weighted by Gasteiger charge is 2.09. The van der Waals surface area contributed by atoms with Crippen molar-refractivity contribution in [3.05, 3.63) is 56.7 Å². The first kappa shape index (κ1) is 15.5. The number of halogens is 2. The number of aryl methyl sites for hydroxylation is 1. The van der Waals surface area contributed by atoms with Crippen molar-refractivity contribution in [1.29, 1.82) is 0 Å². The fourth-order valence-corrected chi connectivity index (χ4v) is 2.05. The van der Waals surface area contributed by atoms with E-state index in [1.54, 1.807) is 18.2 Å². The van der Waals surface area contributed by atoms with Gasteiger partial charge in [0.05, 0.1) is 17.0 Å². The number of benzene rings is 1. The predicted molar refractivity (Wildman–Crippen MR) is 83.0 cm³/mol. The third kappa shape index (κ3) is 4.06. The van der Waals surface area contributed by atoms with Crippen LogP contribution in [0.3, 0.4) is 0 Å². The van der Waals surface area contributed by atoms with E-state index in [0.717, 1.165) is 0 Å². The minimum absolute atomic E-state index is 0.140. The summed E-state index contributed by atoms with van der Waals surface area (Å²) in [5.41, 5.74) is 0.823. The van der Waals surface area contributed by atoms with Crippen molar-refractivity contribution >= 4 is 34.8 Å². The Bertz CT molecular complexity index is 728. The lowest BCUT2D eigenvalue weighted by Gasteiger charge is -2.09. The van der Waals surface area contributed by atoms with Gasteiger partial charge in [-0.2, -0.15) is 0 Å². The van der Waals surface area contributed by atoms with Crippen molar-refractivity contribution in [3.63, 3.8) is 0 Å². The normalized spacial score (nSPS) is 10.4. The summed E-state index contributed by atoms with van der Waals surface area (Å²) in [5, 5.41) is 3.45. The van der Waals surface area contributed by atoms with Crippen molar-refractivity contribution < 1.29 is 4.79 Å². The molecule has 7 heteroatoms. The van der Waals surface area contributed by atoms with Gasteiger partial charge in [0.2, 0.25) is 5.91 Å². The number of rotatable bonds is 4. The van der Waals surface area contributed by atoms with Crippen LogP contribution in [0, 0.1) is 0 Å². The second-order valence-electron chi connectivity index (χ2n) is 4.37. The Kier molecular flexibility index (Phi) is 4.98. The van der Waals surface area contributed by atoms with E-state index in [1.165, 1.54) is 17.0 Å². The maximum Gasteiger partial charge on any atom is 0.253 e. The van der Waals surface area contributed by atoms with Gasteiger partial charge in [0, 0.05) is 16.8 Å². The summed E-state index contributed by atoms with van der Waals surface area (Å²) >= 11 is 11.8. The quantitative estimate of drug-likeness (QED) is 0.940. The van der Waals surface area contributed by atoms with Crippen LogP contribution >= 0.6 is 23.2 Å². The van der Waals surface area contributed by atoms with Crippen LogP contribution in [0.2, 0.25) is 10.0 Å². The first-order valence-electron chi connectivity index (χ1n) is 6.30. The van der Waals surface area contributed by atoms with Crippen LogP contribution in [0.5, 0.6) is 0 Å². The molecule has 1 N–H and O–H groups in total. The van der Waals surface area contributed by atoms with Gasteiger partial charge in [-0.25, -0.2) is 4.98 Å². The molecule has 0 unspecified atom stereocenters. The number of nitrogens with one attached hydrogen (secondary N) is 1. The molecule has 5 nitrogen and oxygen atoms in total. The Morgan fingerprint density at radius 1 is 1.33 bits per heavy atom. The minimum Gasteiger partial charge on any atom is -0.323 e. The molecule has 1 aromatic carbocycles. The molecule has 0 radical (unpaired) electrons. The second-order valence-corrected chi connectivity index (χ2v) is 5.22. The Balaban J connectivity index is 2.12. The van der Waals surface area contributed by atoms with Crippen LogP contribution in [0.4, 0.5) is 5.69 Å². The number of carbonyl (C=O) groups excluding carboxylic acids is 1. The van der Waals surface area contributed by atoms with Gasteiger partial charge >= 0.3 is 0 Å². The fraction of sp³-hybridized carbons (Fsp3) is 0.214. The topological polar surface area (TPSA) is 64.0 Å². The van der Waals surface area contributed by atoms with E-state index in [2.05, 4.69) is 10.3 Å². The lowest BCUT2D eigenvalue weighted by atomic mass is 10.3. The molecule has 0 bridgehead atoms. The number of nitrogens with zero attached hydrogens (tertiary/aromatic N) is 2. The lowest BCUT2D eigenvalue weighted by Crippen LogP contribution is -2.27.